The number of unbranched alkanes of at least 4 members (excludes halogenated alkanes) is 10. The van der Waals surface area contributed by atoms with Crippen molar-refractivity contribution in [2.24, 2.45) is 0 Å². The average molecular weight is 560 g/mol. The van der Waals surface area contributed by atoms with E-state index < -0.39 is 0 Å². The van der Waals surface area contributed by atoms with Gasteiger partial charge < -0.3 is 8.97 Å². The van der Waals surface area contributed by atoms with Gasteiger partial charge in [-0.1, -0.05) is 78.1 Å². The Morgan fingerprint density at radius 3 is 1.20 bits per heavy atom. The summed E-state index contributed by atoms with van der Waals surface area (Å²) in [6.07, 6.45) is 16.4. The fourth-order valence-electron chi connectivity index (χ4n) is 4.20. The Hall–Kier alpha value is 0.190. The third-order valence-electron chi connectivity index (χ3n) is 6.51. The highest BCUT2D eigenvalue weighted by Crippen LogP contribution is 2.12. The van der Waals surface area contributed by atoms with Gasteiger partial charge in [-0.2, -0.15) is 11.8 Å². The van der Waals surface area contributed by atoms with Crippen molar-refractivity contribution in [1.82, 2.24) is 0 Å². The summed E-state index contributed by atoms with van der Waals surface area (Å²) in [7, 11) is 8.72. The highest BCUT2D eigenvalue weighted by atomic mass is 35.5. The molecule has 7 heteroatoms. The second-order valence-electron chi connectivity index (χ2n) is 11.4. The van der Waals surface area contributed by atoms with E-state index in [2.05, 4.69) is 42.0 Å². The molecule has 0 saturated carbocycles. The minimum absolute atomic E-state index is 0. The molecule has 0 aromatic carbocycles. The summed E-state index contributed by atoms with van der Waals surface area (Å²) in [4.78, 5) is 24.7. The molecule has 0 radical (unpaired) electrons. The number of halogens is 2. The van der Waals surface area contributed by atoms with Gasteiger partial charge in [0.25, 0.3) is 0 Å². The van der Waals surface area contributed by atoms with Gasteiger partial charge in [-0.25, -0.2) is 0 Å². The summed E-state index contributed by atoms with van der Waals surface area (Å²) >= 11 is 1.97. The van der Waals surface area contributed by atoms with E-state index in [-0.39, 0.29) is 24.8 Å². The Kier molecular flexibility index (Phi) is 27.8. The molecule has 0 N–H and O–H groups in total. The highest BCUT2D eigenvalue weighted by Gasteiger charge is 2.21. The summed E-state index contributed by atoms with van der Waals surface area (Å²) < 4.78 is 1.58. The van der Waals surface area contributed by atoms with Crippen LogP contribution in [0.4, 0.5) is 0 Å². The molecule has 0 bridgehead atoms. The van der Waals surface area contributed by atoms with E-state index in [1.807, 2.05) is 11.8 Å². The first kappa shape index (κ1) is 39.7. The second-order valence-corrected chi connectivity index (χ2v) is 12.6. The number of rotatable bonds is 24. The minimum atomic E-state index is 0. The molecular formula is C28H60Cl2N2O2S+2. The number of quaternary nitrogens is 2. The lowest BCUT2D eigenvalue weighted by Gasteiger charge is -2.30. The van der Waals surface area contributed by atoms with E-state index in [1.165, 1.54) is 64.2 Å². The Labute approximate surface area is 235 Å². The molecule has 0 unspecified atom stereocenters. The zero-order valence-electron chi connectivity index (χ0n) is 24.1. The zero-order valence-corrected chi connectivity index (χ0v) is 26.5. The third-order valence-corrected chi connectivity index (χ3v) is 7.45. The fraction of sp³-hybridized carbons (Fsp3) is 0.929. The molecule has 0 rings (SSSR count). The van der Waals surface area contributed by atoms with Gasteiger partial charge in [0.1, 0.15) is 13.1 Å². The number of ketones is 2. The average Bonchev–Trinajstić information content (AvgIpc) is 2.72. The fourth-order valence-corrected chi connectivity index (χ4v) is 5.65. The van der Waals surface area contributed by atoms with Crippen LogP contribution in [0.3, 0.4) is 0 Å². The molecule has 0 atom stereocenters. The molecule has 0 fully saturated rings. The molecular weight excluding hydrogens is 499 g/mol. The molecule has 0 saturated heterocycles. The first-order valence-corrected chi connectivity index (χ1v) is 15.0. The van der Waals surface area contributed by atoms with Crippen molar-refractivity contribution in [2.75, 3.05) is 65.9 Å². The van der Waals surface area contributed by atoms with Crippen molar-refractivity contribution in [2.45, 2.75) is 104 Å². The number of thioether (sulfide) groups is 1. The molecule has 0 aliphatic heterocycles. The van der Waals surface area contributed by atoms with Gasteiger partial charge >= 0.3 is 0 Å². The van der Waals surface area contributed by atoms with Crippen molar-refractivity contribution < 1.29 is 18.6 Å². The first-order chi connectivity index (χ1) is 15.6. The molecule has 0 spiro atoms. The molecule has 0 amide bonds. The lowest BCUT2D eigenvalue weighted by Crippen LogP contribution is -2.46. The van der Waals surface area contributed by atoms with E-state index in [9.17, 15) is 9.59 Å². The van der Waals surface area contributed by atoms with Crippen LogP contribution in [0.25, 0.3) is 0 Å². The van der Waals surface area contributed by atoms with Crippen molar-refractivity contribution in [3.63, 3.8) is 0 Å². The van der Waals surface area contributed by atoms with Gasteiger partial charge in [-0.05, 0) is 12.8 Å². The largest absolute Gasteiger partial charge is 0.322 e. The highest BCUT2D eigenvalue weighted by molar-refractivity contribution is 7.99. The van der Waals surface area contributed by atoms with Crippen molar-refractivity contribution in [3.8, 4) is 0 Å². The maximum absolute atomic E-state index is 12.4. The van der Waals surface area contributed by atoms with Gasteiger partial charge in [0.15, 0.2) is 11.6 Å². The Morgan fingerprint density at radius 1 is 0.543 bits per heavy atom. The number of hydrogen-bond donors (Lipinski definition) is 0. The van der Waals surface area contributed by atoms with Crippen LogP contribution in [0.15, 0.2) is 0 Å². The predicted molar refractivity (Wildman–Crippen MR) is 162 cm³/mol. The van der Waals surface area contributed by atoms with Crippen LogP contribution in [-0.4, -0.2) is 86.4 Å². The van der Waals surface area contributed by atoms with E-state index in [0.29, 0.717) is 24.7 Å². The van der Waals surface area contributed by atoms with E-state index in [1.54, 1.807) is 0 Å². The molecule has 0 aliphatic carbocycles. The molecule has 212 valence electrons. The smallest absolute Gasteiger partial charge is 0.186 e. The molecule has 4 nitrogen and oxygen atoms in total. The first-order valence-electron chi connectivity index (χ1n) is 13.9. The normalized spacial score (nSPS) is 11.6. The van der Waals surface area contributed by atoms with E-state index in [4.69, 9.17) is 0 Å². The molecule has 0 aromatic rings. The van der Waals surface area contributed by atoms with Crippen LogP contribution in [0.2, 0.25) is 0 Å². The topological polar surface area (TPSA) is 34.1 Å². The number of likely N-dealkylation sites (N-methyl/N-ethyl adjacent to an activating group) is 2. The van der Waals surface area contributed by atoms with Crippen LogP contribution < -0.4 is 0 Å². The van der Waals surface area contributed by atoms with E-state index >= 15 is 0 Å². The summed E-state index contributed by atoms with van der Waals surface area (Å²) in [5.74, 6) is 2.98. The third kappa shape index (κ3) is 27.0. The summed E-state index contributed by atoms with van der Waals surface area (Å²) in [5.41, 5.74) is 0. The van der Waals surface area contributed by atoms with Gasteiger partial charge in [0.2, 0.25) is 0 Å². The van der Waals surface area contributed by atoms with Gasteiger partial charge in [-0.3, -0.25) is 9.59 Å². The van der Waals surface area contributed by atoms with Crippen LogP contribution in [-0.2, 0) is 9.59 Å². The lowest BCUT2D eigenvalue weighted by molar-refractivity contribution is -0.880. The predicted octanol–water partition coefficient (Wildman–Crippen LogP) is 7.36. The van der Waals surface area contributed by atoms with Crippen molar-refractivity contribution in [3.05, 3.63) is 0 Å². The van der Waals surface area contributed by atoms with Gasteiger partial charge in [0, 0.05) is 24.3 Å². The van der Waals surface area contributed by atoms with Crippen LogP contribution in [0.5, 0.6) is 0 Å². The van der Waals surface area contributed by atoms with Gasteiger partial charge in [-0.15, -0.1) is 24.8 Å². The number of carbonyl (C=O) groups is 2. The Bertz CT molecular complexity index is 473. The maximum atomic E-state index is 12.4. The number of nitrogens with zero attached hydrogens (tertiary/aromatic N) is 2. The van der Waals surface area contributed by atoms with Crippen molar-refractivity contribution >= 4 is 48.1 Å². The molecule has 0 aliphatic rings. The van der Waals surface area contributed by atoms with Crippen LogP contribution in [0, 0.1) is 0 Å². The van der Waals surface area contributed by atoms with Crippen molar-refractivity contribution in [1.29, 1.82) is 0 Å². The van der Waals surface area contributed by atoms with Gasteiger partial charge in [0.05, 0.1) is 41.3 Å². The number of hydrogen-bond acceptors (Lipinski definition) is 3. The maximum Gasteiger partial charge on any atom is 0.186 e. The Balaban J connectivity index is -0.00000512. The molecule has 35 heavy (non-hydrogen) atoms. The standard InChI is InChI=1S/C28H58N2O2S.2ClH/c1-7-9-11-13-15-17-19-27(31)25-29(3,4)21-23-33-24-22-30(5,6)26-28(32)20-18-16-14-12-10-8-2;;/h7-26H2,1-6H3;2*1H/q+2;;. The monoisotopic (exact) mass is 558 g/mol. The zero-order chi connectivity index (χ0) is 25.0. The van der Waals surface area contributed by atoms with Crippen LogP contribution in [0.1, 0.15) is 104 Å². The number of Topliss-reactive ketones (excluding diaryl/α,β-unsaturated/α-hetero) is 2. The minimum Gasteiger partial charge on any atom is -0.322 e. The second kappa shape index (κ2) is 24.5. The molecule has 0 aromatic heterocycles. The lowest BCUT2D eigenvalue weighted by atomic mass is 10.1. The summed E-state index contributed by atoms with van der Waals surface area (Å²) in [6.45, 7) is 7.84. The SMILES string of the molecule is CCCCCCCCC(=O)C[N+](C)(C)CCSCC[N+](C)(C)CC(=O)CCCCCCCC.Cl.Cl. The van der Waals surface area contributed by atoms with E-state index in [0.717, 1.165) is 59.2 Å². The Morgan fingerprint density at radius 2 is 0.857 bits per heavy atom. The number of carbonyl (C=O) groups excluding carboxylic acids is 2. The quantitative estimate of drug-likeness (QED) is 0.0916. The summed E-state index contributed by atoms with van der Waals surface area (Å²) in [5, 5.41) is 0. The molecule has 0 heterocycles. The summed E-state index contributed by atoms with van der Waals surface area (Å²) in [6, 6.07) is 0. The van der Waals surface area contributed by atoms with Crippen LogP contribution >= 0.6 is 36.6 Å².